The summed E-state index contributed by atoms with van der Waals surface area (Å²) in [5.74, 6) is -0.532. The number of halogens is 3. The smallest absolute Gasteiger partial charge is 0.387 e. The molecule has 0 fully saturated rings. The molecule has 0 aliphatic heterocycles. The van der Waals surface area contributed by atoms with E-state index in [-0.39, 0.29) is 17.5 Å². The van der Waals surface area contributed by atoms with Crippen LogP contribution in [-0.4, -0.2) is 28.8 Å². The molecule has 0 unspecified atom stereocenters. The molecule has 0 radical (unpaired) electrons. The van der Waals surface area contributed by atoms with Crippen molar-refractivity contribution in [2.45, 2.75) is 20.0 Å². The second-order valence-electron chi connectivity index (χ2n) is 6.06. The molecule has 3 rings (SSSR count). The Balaban J connectivity index is 1.57. The lowest BCUT2D eigenvalue weighted by molar-refractivity contribution is -0.0498. The average molecular weight is 389 g/mol. The van der Waals surface area contributed by atoms with Crippen molar-refractivity contribution in [1.82, 2.24) is 15.1 Å². The van der Waals surface area contributed by atoms with Gasteiger partial charge in [0, 0.05) is 6.54 Å². The summed E-state index contributed by atoms with van der Waals surface area (Å²) in [6.07, 6.45) is 2.00. The van der Waals surface area contributed by atoms with Crippen molar-refractivity contribution in [3.63, 3.8) is 0 Å². The van der Waals surface area contributed by atoms with Gasteiger partial charge in [-0.25, -0.2) is 9.07 Å². The summed E-state index contributed by atoms with van der Waals surface area (Å²) in [4.78, 5) is 12.4. The van der Waals surface area contributed by atoms with Crippen molar-refractivity contribution in [2.75, 3.05) is 6.54 Å². The van der Waals surface area contributed by atoms with Crippen molar-refractivity contribution in [2.24, 2.45) is 0 Å². The molecule has 0 saturated carbocycles. The third kappa shape index (κ3) is 4.70. The topological polar surface area (TPSA) is 56.1 Å². The molecule has 146 valence electrons. The maximum Gasteiger partial charge on any atom is 0.387 e. The number of nitrogens with one attached hydrogen (secondary N) is 1. The molecule has 0 spiro atoms. The zero-order valence-electron chi connectivity index (χ0n) is 15.0. The highest BCUT2D eigenvalue weighted by Crippen LogP contribution is 2.16. The van der Waals surface area contributed by atoms with E-state index in [2.05, 4.69) is 15.2 Å². The van der Waals surface area contributed by atoms with Gasteiger partial charge in [0.15, 0.2) is 0 Å². The fraction of sp³-hybridized carbons (Fsp3) is 0.200. The van der Waals surface area contributed by atoms with Crippen LogP contribution in [0.1, 0.15) is 21.6 Å². The van der Waals surface area contributed by atoms with E-state index >= 15 is 0 Å². The Morgan fingerprint density at radius 1 is 1.14 bits per heavy atom. The Morgan fingerprint density at radius 2 is 1.82 bits per heavy atom. The van der Waals surface area contributed by atoms with E-state index in [1.54, 1.807) is 35.9 Å². The van der Waals surface area contributed by atoms with Crippen molar-refractivity contribution in [3.8, 4) is 11.4 Å². The van der Waals surface area contributed by atoms with Gasteiger partial charge in [0.1, 0.15) is 11.6 Å². The van der Waals surface area contributed by atoms with Crippen LogP contribution in [0.3, 0.4) is 0 Å². The molecule has 1 N–H and O–H groups in total. The van der Waals surface area contributed by atoms with Crippen LogP contribution >= 0.6 is 0 Å². The minimum atomic E-state index is -2.86. The maximum absolute atomic E-state index is 13.1. The number of aromatic nitrogens is 2. The molecule has 0 aliphatic carbocycles. The molecule has 1 aromatic heterocycles. The molecule has 1 amide bonds. The third-order valence-electron chi connectivity index (χ3n) is 4.17. The zero-order valence-corrected chi connectivity index (χ0v) is 15.0. The SMILES string of the molecule is Cc1c(C(=O)NCCc2ccc(OC(F)F)cc2)cnn1-c1ccc(F)cc1. The standard InChI is InChI=1S/C20H18F3N3O2/c1-13-18(12-25-26(13)16-6-4-15(21)5-7-16)19(27)24-11-10-14-2-8-17(9-3-14)28-20(22)23/h2-9,12,20H,10-11H2,1H3,(H,24,27). The van der Waals surface area contributed by atoms with E-state index < -0.39 is 6.61 Å². The molecule has 0 saturated heterocycles. The number of hydrogen-bond acceptors (Lipinski definition) is 3. The molecule has 1 heterocycles. The molecule has 8 heteroatoms. The van der Waals surface area contributed by atoms with Gasteiger partial charge in [-0.3, -0.25) is 4.79 Å². The second kappa shape index (κ2) is 8.60. The van der Waals surface area contributed by atoms with Crippen LogP contribution < -0.4 is 10.1 Å². The van der Waals surface area contributed by atoms with Gasteiger partial charge in [-0.2, -0.15) is 13.9 Å². The number of hydrogen-bond donors (Lipinski definition) is 1. The minimum absolute atomic E-state index is 0.0895. The average Bonchev–Trinajstić information content (AvgIpc) is 3.05. The molecular formula is C20H18F3N3O2. The van der Waals surface area contributed by atoms with Crippen LogP contribution in [0.25, 0.3) is 5.69 Å². The minimum Gasteiger partial charge on any atom is -0.435 e. The summed E-state index contributed by atoms with van der Waals surface area (Å²) in [5, 5.41) is 7.00. The zero-order chi connectivity index (χ0) is 20.1. The van der Waals surface area contributed by atoms with Crippen molar-refractivity contribution >= 4 is 5.91 Å². The molecule has 0 atom stereocenters. The van der Waals surface area contributed by atoms with E-state index in [0.29, 0.717) is 29.9 Å². The van der Waals surface area contributed by atoms with Crippen LogP contribution in [0.2, 0.25) is 0 Å². The van der Waals surface area contributed by atoms with Gasteiger partial charge >= 0.3 is 6.61 Å². The first-order valence-corrected chi connectivity index (χ1v) is 8.56. The number of rotatable bonds is 7. The van der Waals surface area contributed by atoms with Gasteiger partial charge in [0.25, 0.3) is 5.91 Å². The van der Waals surface area contributed by atoms with Crippen molar-refractivity contribution < 1.29 is 22.7 Å². The molecule has 3 aromatic rings. The van der Waals surface area contributed by atoms with Crippen LogP contribution in [0.5, 0.6) is 5.75 Å². The monoisotopic (exact) mass is 389 g/mol. The molecule has 28 heavy (non-hydrogen) atoms. The number of carbonyl (C=O) groups excluding carboxylic acids is 1. The Bertz CT molecular complexity index is 938. The quantitative estimate of drug-likeness (QED) is 0.667. The van der Waals surface area contributed by atoms with E-state index in [1.165, 1.54) is 30.5 Å². The lowest BCUT2D eigenvalue weighted by Gasteiger charge is -2.08. The fourth-order valence-electron chi connectivity index (χ4n) is 2.73. The Hall–Kier alpha value is -3.29. The number of amides is 1. The largest absolute Gasteiger partial charge is 0.435 e. The van der Waals surface area contributed by atoms with Crippen molar-refractivity contribution in [3.05, 3.63) is 77.4 Å². The molecule has 0 bridgehead atoms. The van der Waals surface area contributed by atoms with Gasteiger partial charge in [0.2, 0.25) is 0 Å². The Kier molecular flexibility index (Phi) is 5.98. The Morgan fingerprint density at radius 3 is 2.46 bits per heavy atom. The first-order valence-electron chi connectivity index (χ1n) is 8.56. The summed E-state index contributed by atoms with van der Waals surface area (Å²) < 4.78 is 43.2. The number of alkyl halides is 2. The highest BCUT2D eigenvalue weighted by Gasteiger charge is 2.15. The first-order chi connectivity index (χ1) is 13.4. The predicted octanol–water partition coefficient (Wildman–Crippen LogP) is 3.89. The van der Waals surface area contributed by atoms with E-state index in [0.717, 1.165) is 5.56 Å². The van der Waals surface area contributed by atoms with E-state index in [9.17, 15) is 18.0 Å². The summed E-state index contributed by atoms with van der Waals surface area (Å²) in [7, 11) is 0. The normalized spacial score (nSPS) is 10.9. The third-order valence-corrected chi connectivity index (χ3v) is 4.17. The van der Waals surface area contributed by atoms with E-state index in [1.807, 2.05) is 0 Å². The van der Waals surface area contributed by atoms with Crippen molar-refractivity contribution in [1.29, 1.82) is 0 Å². The second-order valence-corrected chi connectivity index (χ2v) is 6.06. The number of benzene rings is 2. The lowest BCUT2D eigenvalue weighted by Crippen LogP contribution is -2.26. The maximum atomic E-state index is 13.1. The Labute approximate surface area is 159 Å². The highest BCUT2D eigenvalue weighted by atomic mass is 19.3. The number of carbonyl (C=O) groups is 1. The predicted molar refractivity (Wildman–Crippen MR) is 97.4 cm³/mol. The fourth-order valence-corrected chi connectivity index (χ4v) is 2.73. The van der Waals surface area contributed by atoms with Gasteiger partial charge < -0.3 is 10.1 Å². The molecule has 0 aliphatic rings. The first kappa shape index (κ1) is 19.5. The number of nitrogens with zero attached hydrogens (tertiary/aromatic N) is 2. The summed E-state index contributed by atoms with van der Waals surface area (Å²) >= 11 is 0. The highest BCUT2D eigenvalue weighted by molar-refractivity contribution is 5.95. The molecule has 2 aromatic carbocycles. The van der Waals surface area contributed by atoms with Gasteiger partial charge in [0.05, 0.1) is 23.1 Å². The van der Waals surface area contributed by atoms with Crippen LogP contribution in [0, 0.1) is 12.7 Å². The number of ether oxygens (including phenoxy) is 1. The summed E-state index contributed by atoms with van der Waals surface area (Å²) in [5.41, 5.74) is 2.59. The van der Waals surface area contributed by atoms with Gasteiger partial charge in [-0.1, -0.05) is 12.1 Å². The summed E-state index contributed by atoms with van der Waals surface area (Å²) in [6.45, 7) is -0.730. The van der Waals surface area contributed by atoms with Crippen LogP contribution in [-0.2, 0) is 6.42 Å². The van der Waals surface area contributed by atoms with Crippen LogP contribution in [0.4, 0.5) is 13.2 Å². The molecular weight excluding hydrogens is 371 g/mol. The lowest BCUT2D eigenvalue weighted by atomic mass is 10.1. The van der Waals surface area contributed by atoms with E-state index in [4.69, 9.17) is 0 Å². The van der Waals surface area contributed by atoms with Gasteiger partial charge in [-0.05, 0) is 55.3 Å². The van der Waals surface area contributed by atoms with Crippen LogP contribution in [0.15, 0.2) is 54.7 Å². The molecule has 5 nitrogen and oxygen atoms in total. The summed E-state index contributed by atoms with van der Waals surface area (Å²) in [6, 6.07) is 12.1. The van der Waals surface area contributed by atoms with Gasteiger partial charge in [-0.15, -0.1) is 0 Å².